The second-order valence-corrected chi connectivity index (χ2v) is 8.44. The zero-order valence-corrected chi connectivity index (χ0v) is 18.4. The Bertz CT molecular complexity index is 2070. The van der Waals surface area contributed by atoms with Crippen LogP contribution >= 0.6 is 0 Å². The summed E-state index contributed by atoms with van der Waals surface area (Å²) in [5, 5.41) is 6.19. The van der Waals surface area contributed by atoms with E-state index in [2.05, 4.69) is 91.0 Å². The lowest BCUT2D eigenvalue weighted by atomic mass is 9.97. The van der Waals surface area contributed by atoms with E-state index in [0.717, 1.165) is 49.0 Å². The van der Waals surface area contributed by atoms with E-state index in [1.54, 1.807) is 0 Å². The lowest BCUT2D eigenvalue weighted by Crippen LogP contribution is -1.94. The van der Waals surface area contributed by atoms with Gasteiger partial charge in [0.2, 0.25) is 11.0 Å². The Labute approximate surface area is 200 Å². The molecule has 0 aliphatic carbocycles. The van der Waals surface area contributed by atoms with E-state index in [1.165, 1.54) is 0 Å². The van der Waals surface area contributed by atoms with Gasteiger partial charge in [0, 0.05) is 27.2 Å². The molecule has 0 radical (unpaired) electrons. The van der Waals surface area contributed by atoms with Crippen LogP contribution in [0.3, 0.4) is 0 Å². The molecule has 0 fully saturated rings. The number of aromatic nitrogens is 3. The van der Waals surface area contributed by atoms with Crippen molar-refractivity contribution in [1.82, 2.24) is 14.5 Å². The fourth-order valence-corrected chi connectivity index (χ4v) is 5.16. The predicted molar refractivity (Wildman–Crippen MR) is 141 cm³/mol. The third-order valence-corrected chi connectivity index (χ3v) is 6.63. The minimum atomic E-state index is 0.0379. The van der Waals surface area contributed by atoms with Crippen LogP contribution in [0.15, 0.2) is 91.0 Å². The Morgan fingerprint density at radius 3 is 1.83 bits per heavy atom. The molecule has 0 N–H and O–H groups in total. The average Bonchev–Trinajstić information content (AvgIpc) is 3.25. The van der Waals surface area contributed by atoms with Crippen molar-refractivity contribution in [2.75, 3.05) is 0 Å². The SMILES string of the molecule is [C-]#[N+]c1nc2c3ccccc3c3cc4c(cc3c2nc1[N+]#[C-])c1ccccc1n4-c1ccccc1. The molecule has 7 rings (SSSR count). The highest BCUT2D eigenvalue weighted by molar-refractivity contribution is 6.27. The summed E-state index contributed by atoms with van der Waals surface area (Å²) in [6.45, 7) is 15.0. The monoisotopic (exact) mass is 445 g/mol. The first-order valence-corrected chi connectivity index (χ1v) is 11.2. The van der Waals surface area contributed by atoms with Crippen LogP contribution in [0.25, 0.3) is 69.8 Å². The number of benzene rings is 5. The van der Waals surface area contributed by atoms with Gasteiger partial charge in [0.1, 0.15) is 0 Å². The van der Waals surface area contributed by atoms with Gasteiger partial charge in [0.15, 0.2) is 0 Å². The highest BCUT2D eigenvalue weighted by atomic mass is 15.0. The second kappa shape index (κ2) is 7.12. The molecule has 5 nitrogen and oxygen atoms in total. The normalized spacial score (nSPS) is 11.4. The summed E-state index contributed by atoms with van der Waals surface area (Å²) in [5.74, 6) is 0.0784. The van der Waals surface area contributed by atoms with Crippen LogP contribution in [0.1, 0.15) is 0 Å². The van der Waals surface area contributed by atoms with Gasteiger partial charge >= 0.3 is 0 Å². The molecule has 0 aliphatic heterocycles. The van der Waals surface area contributed by atoms with Gasteiger partial charge in [-0.15, -0.1) is 9.97 Å². The van der Waals surface area contributed by atoms with Gasteiger partial charge in [-0.05, 0) is 47.2 Å². The number of hydrogen-bond donors (Lipinski definition) is 0. The molecule has 7 aromatic rings. The summed E-state index contributed by atoms with van der Waals surface area (Å²) < 4.78 is 2.29. The van der Waals surface area contributed by atoms with E-state index in [4.69, 9.17) is 13.1 Å². The van der Waals surface area contributed by atoms with E-state index in [1.807, 2.05) is 24.3 Å². The highest BCUT2D eigenvalue weighted by Crippen LogP contribution is 2.41. The largest absolute Gasteiger partial charge is 0.370 e. The van der Waals surface area contributed by atoms with Crippen LogP contribution in [0, 0.1) is 13.1 Å². The second-order valence-electron chi connectivity index (χ2n) is 8.44. The van der Waals surface area contributed by atoms with Crippen LogP contribution in [-0.2, 0) is 0 Å². The fraction of sp³-hybridized carbons (Fsp3) is 0. The number of fused-ring (bicyclic) bond motifs is 9. The molecule has 0 bridgehead atoms. The molecule has 160 valence electrons. The Morgan fingerprint density at radius 1 is 0.514 bits per heavy atom. The maximum Gasteiger partial charge on any atom is 0.294 e. The van der Waals surface area contributed by atoms with Gasteiger partial charge in [-0.25, -0.2) is 0 Å². The third-order valence-electron chi connectivity index (χ3n) is 6.63. The number of rotatable bonds is 1. The fourth-order valence-electron chi connectivity index (χ4n) is 5.16. The van der Waals surface area contributed by atoms with Crippen molar-refractivity contribution >= 4 is 66.0 Å². The van der Waals surface area contributed by atoms with Crippen LogP contribution in [-0.4, -0.2) is 14.5 Å². The van der Waals surface area contributed by atoms with E-state index >= 15 is 0 Å². The van der Waals surface area contributed by atoms with Gasteiger partial charge in [-0.1, -0.05) is 67.7 Å². The summed E-state index contributed by atoms with van der Waals surface area (Å²) in [5.41, 5.74) is 4.62. The summed E-state index contributed by atoms with van der Waals surface area (Å²) in [4.78, 5) is 16.2. The molecule has 0 saturated heterocycles. The van der Waals surface area contributed by atoms with Crippen LogP contribution in [0.2, 0.25) is 0 Å². The summed E-state index contributed by atoms with van der Waals surface area (Å²) in [6, 6.07) is 31.2. The summed E-state index contributed by atoms with van der Waals surface area (Å²) >= 11 is 0. The van der Waals surface area contributed by atoms with Crippen LogP contribution in [0.5, 0.6) is 0 Å². The summed E-state index contributed by atoms with van der Waals surface area (Å²) in [7, 11) is 0. The maximum atomic E-state index is 7.55. The Hall–Kier alpha value is -5.26. The zero-order valence-electron chi connectivity index (χ0n) is 18.4. The standard InChI is InChI=1S/C30H15N5/c1-31-29-30(32-2)34-28-24-16-23-20-13-8-9-15-25(20)35(18-10-4-3-5-11-18)26(23)17-22(24)19-12-6-7-14-21(19)27(28)33-29/h3-17H. The van der Waals surface area contributed by atoms with Crippen molar-refractivity contribution in [1.29, 1.82) is 0 Å². The molecule has 0 saturated carbocycles. The van der Waals surface area contributed by atoms with E-state index in [9.17, 15) is 0 Å². The van der Waals surface area contributed by atoms with Crippen molar-refractivity contribution in [3.8, 4) is 5.69 Å². The average molecular weight is 445 g/mol. The van der Waals surface area contributed by atoms with Crippen molar-refractivity contribution in [3.63, 3.8) is 0 Å². The van der Waals surface area contributed by atoms with Gasteiger partial charge in [-0.3, -0.25) is 0 Å². The Morgan fingerprint density at radius 2 is 1.11 bits per heavy atom. The first kappa shape index (κ1) is 19.2. The Balaban J connectivity index is 1.76. The van der Waals surface area contributed by atoms with Crippen LogP contribution < -0.4 is 0 Å². The van der Waals surface area contributed by atoms with Gasteiger partial charge in [-0.2, -0.15) is 0 Å². The Kier molecular flexibility index (Phi) is 3.91. The number of nitrogens with zero attached hydrogens (tertiary/aromatic N) is 5. The lowest BCUT2D eigenvalue weighted by molar-refractivity contribution is 1.18. The van der Waals surface area contributed by atoms with E-state index in [-0.39, 0.29) is 11.6 Å². The first-order valence-electron chi connectivity index (χ1n) is 11.2. The lowest BCUT2D eigenvalue weighted by Gasteiger charge is -2.10. The number of para-hydroxylation sites is 2. The topological polar surface area (TPSA) is 39.4 Å². The summed E-state index contributed by atoms with van der Waals surface area (Å²) in [6.07, 6.45) is 0. The molecule has 0 atom stereocenters. The van der Waals surface area contributed by atoms with Gasteiger partial charge < -0.3 is 14.3 Å². The minimum absolute atomic E-state index is 0.0379. The molecule has 35 heavy (non-hydrogen) atoms. The molecule has 0 aliphatic rings. The zero-order chi connectivity index (χ0) is 23.5. The molecule has 0 spiro atoms. The molecule has 0 amide bonds. The molecule has 2 heterocycles. The molecule has 5 aromatic carbocycles. The molecular weight excluding hydrogens is 430 g/mol. The predicted octanol–water partition coefficient (Wildman–Crippen LogP) is 8.13. The number of hydrogen-bond acceptors (Lipinski definition) is 2. The highest BCUT2D eigenvalue weighted by Gasteiger charge is 2.22. The smallest absolute Gasteiger partial charge is 0.294 e. The molecule has 5 heteroatoms. The molecule has 0 unspecified atom stereocenters. The maximum absolute atomic E-state index is 7.55. The van der Waals surface area contributed by atoms with Crippen molar-refractivity contribution in [3.05, 3.63) is 114 Å². The van der Waals surface area contributed by atoms with Gasteiger partial charge in [0.25, 0.3) is 11.6 Å². The van der Waals surface area contributed by atoms with Crippen LogP contribution in [0.4, 0.5) is 11.6 Å². The van der Waals surface area contributed by atoms with Crippen molar-refractivity contribution in [2.45, 2.75) is 0 Å². The molecule has 2 aromatic heterocycles. The van der Waals surface area contributed by atoms with Crippen molar-refractivity contribution < 1.29 is 0 Å². The third kappa shape index (κ3) is 2.61. The van der Waals surface area contributed by atoms with E-state index < -0.39 is 0 Å². The van der Waals surface area contributed by atoms with Gasteiger partial charge in [0.05, 0.1) is 11.0 Å². The van der Waals surface area contributed by atoms with Crippen molar-refractivity contribution in [2.24, 2.45) is 0 Å². The molecular formula is C30H15N5. The quantitative estimate of drug-likeness (QED) is 0.189. The first-order chi connectivity index (χ1) is 17.3. The van der Waals surface area contributed by atoms with E-state index in [0.29, 0.717) is 11.0 Å². The minimum Gasteiger partial charge on any atom is -0.370 e.